The van der Waals surface area contributed by atoms with Gasteiger partial charge in [0.05, 0.1) is 90.2 Å². The van der Waals surface area contributed by atoms with Crippen LogP contribution in [0.15, 0.2) is 72.8 Å². The van der Waals surface area contributed by atoms with Gasteiger partial charge >= 0.3 is 17.9 Å². The summed E-state index contributed by atoms with van der Waals surface area (Å²) in [5.41, 5.74) is 2.64. The van der Waals surface area contributed by atoms with E-state index in [9.17, 15) is 83.7 Å². The van der Waals surface area contributed by atoms with E-state index < -0.39 is 47.6 Å². The first-order valence-electron chi connectivity index (χ1n) is 42.4. The lowest BCUT2D eigenvalue weighted by molar-refractivity contribution is -0.140. The first-order chi connectivity index (χ1) is 60.1. The molecule has 0 spiro atoms. The Morgan fingerprint density at radius 3 is 1.18 bits per heavy atom. The number of rotatable bonds is 45. The summed E-state index contributed by atoms with van der Waals surface area (Å²) in [5.74, 6) is -5.53. The number of nitrogens with zero attached hydrogens (tertiary/aromatic N) is 12. The SMILES string of the molecule is CCNC(=O)c1nnc(-c2cc(C(C)C)c(O)cc2O)n1-c1ccc(OC2CCN(C(=O)CCNC(=O)[C@@H](CCC(=O)N3CCC(Oc4ccc(-n5c(C(=O)NCC)nnc5-c5cc(C(C)C)c(O)cc5O)cc4)CC3)NC(=O)CCOCCOCCOCCOCCNC(=O)CN3CCN(CC(=O)O)CCN(CC(=O)O)CCN(CC(=O)O)CC3)CC2)cc1. The summed E-state index contributed by atoms with van der Waals surface area (Å²) in [4.78, 5) is 140. The monoisotopic (exact) mass is 1750 g/mol. The van der Waals surface area contributed by atoms with Crippen LogP contribution in [-0.4, -0.2) is 356 Å². The summed E-state index contributed by atoms with van der Waals surface area (Å²) < 4.78 is 38.4. The number of aliphatic carboxylic acids is 3. The Hall–Kier alpha value is -11.7. The second kappa shape index (κ2) is 49.1. The zero-order valence-corrected chi connectivity index (χ0v) is 71.8. The maximum absolute atomic E-state index is 14.1. The molecule has 682 valence electrons. The Morgan fingerprint density at radius 1 is 0.416 bits per heavy atom. The number of piperidine rings is 2. The van der Waals surface area contributed by atoms with Gasteiger partial charge in [0, 0.05) is 173 Å². The molecule has 40 heteroatoms. The Bertz CT molecular complexity index is 4540. The van der Waals surface area contributed by atoms with Gasteiger partial charge in [0.2, 0.25) is 41.2 Å². The molecule has 7 amide bonds. The number of phenols is 4. The van der Waals surface area contributed by atoms with Crippen LogP contribution >= 0.6 is 0 Å². The van der Waals surface area contributed by atoms with Crippen LogP contribution in [0.25, 0.3) is 34.2 Å². The number of carboxylic acids is 3. The Balaban J connectivity index is 0.714. The molecule has 2 aromatic heterocycles. The first-order valence-corrected chi connectivity index (χ1v) is 42.4. The summed E-state index contributed by atoms with van der Waals surface area (Å²) in [6.45, 7) is 16.0. The average Bonchev–Trinajstić information content (AvgIpc) is 1.64. The molecule has 0 aliphatic carbocycles. The molecule has 125 heavy (non-hydrogen) atoms. The molecule has 4 aromatic carbocycles. The van der Waals surface area contributed by atoms with E-state index in [1.54, 1.807) is 99.0 Å². The summed E-state index contributed by atoms with van der Waals surface area (Å²) >= 11 is 0. The maximum Gasteiger partial charge on any atom is 0.317 e. The molecular weight excluding hydrogens is 1630 g/mol. The molecule has 0 bridgehead atoms. The Labute approximate surface area is 724 Å². The number of benzene rings is 4. The summed E-state index contributed by atoms with van der Waals surface area (Å²) in [7, 11) is 0. The van der Waals surface area contributed by atoms with Crippen molar-refractivity contribution in [1.29, 1.82) is 0 Å². The fourth-order valence-electron chi connectivity index (χ4n) is 14.6. The van der Waals surface area contributed by atoms with Gasteiger partial charge in [0.1, 0.15) is 52.7 Å². The fraction of sp³-hybridized carbons (Fsp3) is 0.553. The predicted molar refractivity (Wildman–Crippen MR) is 453 cm³/mol. The van der Waals surface area contributed by atoms with E-state index in [2.05, 4.69) is 47.0 Å². The average molecular weight is 1750 g/mol. The van der Waals surface area contributed by atoms with Crippen LogP contribution < -0.4 is 36.1 Å². The number of amides is 7. The highest BCUT2D eigenvalue weighted by Crippen LogP contribution is 2.41. The minimum atomic E-state index is -1.16. The maximum atomic E-state index is 14.1. The van der Waals surface area contributed by atoms with Crippen LogP contribution in [0.5, 0.6) is 34.5 Å². The number of hydrogen-bond donors (Lipinski definition) is 12. The standard InChI is InChI=1S/C85H119N17O23/c1-7-86-84(118)81-93-91-79(65-47-63(55(3)4)68(103)49-70(65)105)101(81)57-9-13-59(14-10-57)124-61-20-27-99(28-21-61)74(109)18-17-67(83(117)89-25-19-75(110)100-29-22-62(23-30-100)125-60-15-11-58(12-16-60)102-80(92-94-82(102)85(119)87-8-2)66-48-64(56(5)6)69(104)50-71(66)106)90-72(107)24-39-120-41-43-122-45-46-123-44-42-121-40-26-88-73(108)51-95-31-33-96(52-76(111)112)35-37-98(54-78(115)116)38-36-97(34-32-95)53-77(113)114/h9-16,47-50,55-56,61-62,67,103-106H,7-8,17-46,51-54H2,1-6H3,(H,86,118)(H,87,119)(H,88,108)(H,89,117)(H,90,107)(H,111,112)(H,113,114)(H,115,116)/t67-/m1/s1. The van der Waals surface area contributed by atoms with Gasteiger partial charge in [-0.05, 0) is 104 Å². The van der Waals surface area contributed by atoms with E-state index in [4.69, 9.17) is 28.4 Å². The lowest BCUT2D eigenvalue weighted by atomic mass is 9.98. The van der Waals surface area contributed by atoms with Crippen LogP contribution in [0.3, 0.4) is 0 Å². The minimum Gasteiger partial charge on any atom is -0.508 e. The molecule has 40 nitrogen and oxygen atoms in total. The number of phenolic OH excluding ortho intramolecular Hbond substituents is 4. The smallest absolute Gasteiger partial charge is 0.317 e. The number of aromatic hydroxyl groups is 4. The van der Waals surface area contributed by atoms with Crippen molar-refractivity contribution < 1.29 is 112 Å². The fourth-order valence-corrected chi connectivity index (χ4v) is 14.6. The number of carboxylic acid groups (broad SMARTS) is 3. The summed E-state index contributed by atoms with van der Waals surface area (Å²) in [6.07, 6.45) is 1.06. The molecule has 3 saturated heterocycles. The van der Waals surface area contributed by atoms with E-state index in [0.29, 0.717) is 112 Å². The van der Waals surface area contributed by atoms with Gasteiger partial charge in [-0.3, -0.25) is 76.7 Å². The van der Waals surface area contributed by atoms with E-state index in [-0.39, 0.29) is 256 Å². The molecule has 0 saturated carbocycles. The van der Waals surface area contributed by atoms with E-state index >= 15 is 0 Å². The molecule has 6 aromatic rings. The number of aromatic nitrogens is 6. The van der Waals surface area contributed by atoms with Crippen LogP contribution in [0, 0.1) is 0 Å². The Morgan fingerprint density at radius 2 is 0.792 bits per heavy atom. The molecular formula is C85H119N17O23. The van der Waals surface area contributed by atoms with Crippen LogP contribution in [-0.2, 0) is 57.3 Å². The van der Waals surface area contributed by atoms with Gasteiger partial charge in [-0.15, -0.1) is 20.4 Å². The van der Waals surface area contributed by atoms with Crippen molar-refractivity contribution in [1.82, 2.24) is 85.5 Å². The van der Waals surface area contributed by atoms with Crippen molar-refractivity contribution in [3.05, 3.63) is 95.6 Å². The summed E-state index contributed by atoms with van der Waals surface area (Å²) in [6, 6.07) is 18.4. The van der Waals surface area contributed by atoms with Crippen LogP contribution in [0.2, 0.25) is 0 Å². The van der Waals surface area contributed by atoms with Crippen molar-refractivity contribution >= 4 is 59.3 Å². The van der Waals surface area contributed by atoms with Crippen molar-refractivity contribution in [2.75, 3.05) is 184 Å². The topological polar surface area (TPSA) is 509 Å². The molecule has 12 N–H and O–H groups in total. The van der Waals surface area contributed by atoms with Gasteiger partial charge in [-0.25, -0.2) is 0 Å². The normalized spacial score (nSPS) is 15.3. The van der Waals surface area contributed by atoms with E-state index in [0.717, 1.165) is 0 Å². The number of carbonyl (C=O) groups is 10. The van der Waals surface area contributed by atoms with Gasteiger partial charge in [-0.2, -0.15) is 0 Å². The zero-order chi connectivity index (χ0) is 90.1. The molecule has 9 rings (SSSR count). The molecule has 0 radical (unpaired) electrons. The third-order valence-electron chi connectivity index (χ3n) is 21.3. The van der Waals surface area contributed by atoms with Crippen molar-refractivity contribution in [3.8, 4) is 68.6 Å². The third-order valence-corrected chi connectivity index (χ3v) is 21.3. The second-order valence-electron chi connectivity index (χ2n) is 31.2. The first kappa shape index (κ1) is 97.2. The zero-order valence-electron chi connectivity index (χ0n) is 71.8. The lowest BCUT2D eigenvalue weighted by Gasteiger charge is -2.32. The van der Waals surface area contributed by atoms with E-state index in [1.165, 1.54) is 21.3 Å². The number of hydrogen-bond acceptors (Lipinski definition) is 28. The Kier molecular flexibility index (Phi) is 38.2. The molecule has 0 unspecified atom stereocenters. The van der Waals surface area contributed by atoms with Crippen molar-refractivity contribution in [2.24, 2.45) is 0 Å². The highest BCUT2D eigenvalue weighted by atomic mass is 16.6. The lowest BCUT2D eigenvalue weighted by Crippen LogP contribution is -2.50. The highest BCUT2D eigenvalue weighted by molar-refractivity contribution is 5.93. The minimum absolute atomic E-state index is 0.0219. The summed E-state index contributed by atoms with van der Waals surface area (Å²) in [5, 5.41) is 103. The van der Waals surface area contributed by atoms with Crippen LogP contribution in [0.4, 0.5) is 0 Å². The van der Waals surface area contributed by atoms with Gasteiger partial charge in [0.15, 0.2) is 11.6 Å². The van der Waals surface area contributed by atoms with Crippen molar-refractivity contribution in [3.63, 3.8) is 0 Å². The number of nitrogens with one attached hydrogen (secondary N) is 5. The van der Waals surface area contributed by atoms with E-state index in [1.807, 2.05) is 32.6 Å². The number of likely N-dealkylation sites (tertiary alicyclic amines) is 2. The van der Waals surface area contributed by atoms with Gasteiger partial charge < -0.3 is 101 Å². The second-order valence-corrected chi connectivity index (χ2v) is 31.2. The molecule has 3 aliphatic heterocycles. The number of carbonyl (C=O) groups excluding carboxylic acids is 7. The highest BCUT2D eigenvalue weighted by Gasteiger charge is 2.32. The molecule has 1 atom stereocenters. The van der Waals surface area contributed by atoms with Gasteiger partial charge in [-0.1, -0.05) is 27.7 Å². The largest absolute Gasteiger partial charge is 0.508 e. The molecule has 3 aliphatic rings. The van der Waals surface area contributed by atoms with Crippen molar-refractivity contribution in [2.45, 2.75) is 123 Å². The third kappa shape index (κ3) is 30.1. The van der Waals surface area contributed by atoms with Crippen LogP contribution in [0.1, 0.15) is 137 Å². The van der Waals surface area contributed by atoms with Gasteiger partial charge in [0.25, 0.3) is 11.8 Å². The number of ether oxygens (including phenoxy) is 6. The quantitative estimate of drug-likeness (QED) is 0.0244. The molecule has 5 heterocycles. The predicted octanol–water partition coefficient (Wildman–Crippen LogP) is 3.01. The molecule has 3 fully saturated rings.